The van der Waals surface area contributed by atoms with Crippen LogP contribution in [-0.4, -0.2) is 9.55 Å². The average molecular weight is 251 g/mol. The summed E-state index contributed by atoms with van der Waals surface area (Å²) in [4.78, 5) is 4.77. The first-order valence-electron chi connectivity index (χ1n) is 6.42. The van der Waals surface area contributed by atoms with Gasteiger partial charge in [-0.1, -0.05) is 42.0 Å². The van der Waals surface area contributed by atoms with Crippen molar-refractivity contribution in [1.82, 2.24) is 9.55 Å². The second kappa shape index (κ2) is 4.52. The monoisotopic (exact) mass is 251 g/mol. The first-order chi connectivity index (χ1) is 9.20. The largest absolute Gasteiger partial charge is 0.327 e. The second-order valence-electron chi connectivity index (χ2n) is 4.85. The van der Waals surface area contributed by atoms with Gasteiger partial charge in [0.15, 0.2) is 0 Å². The first kappa shape index (κ1) is 11.9. The number of imidazole rings is 1. The number of aromatic nitrogens is 2. The molecule has 0 spiro atoms. The number of aryl methyl sites for hydroxylation is 2. The topological polar surface area (TPSA) is 43.8 Å². The molecule has 0 saturated heterocycles. The number of fused-ring (bicyclic) bond motifs is 1. The van der Waals surface area contributed by atoms with Gasteiger partial charge in [0.05, 0.1) is 11.0 Å². The number of rotatable bonds is 2. The summed E-state index contributed by atoms with van der Waals surface area (Å²) in [5, 5.41) is 0. The van der Waals surface area contributed by atoms with Crippen LogP contribution < -0.4 is 5.73 Å². The molecule has 3 heteroatoms. The fourth-order valence-corrected chi connectivity index (χ4v) is 2.40. The lowest BCUT2D eigenvalue weighted by Crippen LogP contribution is -1.97. The van der Waals surface area contributed by atoms with Crippen molar-refractivity contribution in [2.75, 3.05) is 0 Å². The Kier molecular flexibility index (Phi) is 2.84. The van der Waals surface area contributed by atoms with Gasteiger partial charge >= 0.3 is 0 Å². The van der Waals surface area contributed by atoms with Crippen LogP contribution in [-0.2, 0) is 13.6 Å². The normalized spacial score (nSPS) is 11.1. The Morgan fingerprint density at radius 3 is 2.53 bits per heavy atom. The summed E-state index contributed by atoms with van der Waals surface area (Å²) >= 11 is 0. The molecule has 1 heterocycles. The molecular weight excluding hydrogens is 234 g/mol. The lowest BCUT2D eigenvalue weighted by atomic mass is 10.1. The van der Waals surface area contributed by atoms with Crippen molar-refractivity contribution < 1.29 is 0 Å². The molecule has 3 aromatic rings. The molecule has 0 radical (unpaired) electrons. The lowest BCUT2D eigenvalue weighted by Gasteiger charge is -2.02. The fourth-order valence-electron chi connectivity index (χ4n) is 2.40. The van der Waals surface area contributed by atoms with E-state index in [9.17, 15) is 0 Å². The highest BCUT2D eigenvalue weighted by molar-refractivity contribution is 5.83. The zero-order valence-corrected chi connectivity index (χ0v) is 11.2. The molecule has 0 aliphatic heterocycles. The quantitative estimate of drug-likeness (QED) is 0.761. The molecule has 0 saturated carbocycles. The summed E-state index contributed by atoms with van der Waals surface area (Å²) < 4.78 is 2.12. The summed E-state index contributed by atoms with van der Waals surface area (Å²) in [5.74, 6) is 0.982. The third kappa shape index (κ3) is 1.92. The van der Waals surface area contributed by atoms with E-state index in [1.165, 1.54) is 5.56 Å². The van der Waals surface area contributed by atoms with Crippen molar-refractivity contribution in [2.45, 2.75) is 13.5 Å². The van der Waals surface area contributed by atoms with Crippen molar-refractivity contribution in [1.29, 1.82) is 0 Å². The number of hydrogen-bond donors (Lipinski definition) is 1. The Balaban J connectivity index is 2.25. The first-order valence-corrected chi connectivity index (χ1v) is 6.42. The van der Waals surface area contributed by atoms with Crippen LogP contribution in [0.3, 0.4) is 0 Å². The Morgan fingerprint density at radius 1 is 1.11 bits per heavy atom. The third-order valence-corrected chi connectivity index (χ3v) is 3.52. The molecule has 0 amide bonds. The van der Waals surface area contributed by atoms with Crippen LogP contribution in [0.15, 0.2) is 42.5 Å². The van der Waals surface area contributed by atoms with Crippen molar-refractivity contribution in [3.05, 3.63) is 53.6 Å². The SMILES string of the molecule is Cc1ccc(-c2nc3c(CN)cccc3n2C)cc1. The molecule has 0 atom stereocenters. The highest BCUT2D eigenvalue weighted by atomic mass is 15.1. The Labute approximate surface area is 112 Å². The van der Waals surface area contributed by atoms with Gasteiger partial charge in [0, 0.05) is 19.2 Å². The van der Waals surface area contributed by atoms with Crippen LogP contribution >= 0.6 is 0 Å². The minimum atomic E-state index is 0.516. The lowest BCUT2D eigenvalue weighted by molar-refractivity contribution is 0.959. The van der Waals surface area contributed by atoms with E-state index in [2.05, 4.69) is 41.8 Å². The zero-order valence-electron chi connectivity index (χ0n) is 11.2. The van der Waals surface area contributed by atoms with E-state index < -0.39 is 0 Å². The molecule has 0 unspecified atom stereocenters. The summed E-state index contributed by atoms with van der Waals surface area (Å²) in [7, 11) is 2.05. The molecule has 0 aliphatic carbocycles. The molecule has 0 aliphatic rings. The number of benzene rings is 2. The number of para-hydroxylation sites is 1. The van der Waals surface area contributed by atoms with Gasteiger partial charge in [-0.2, -0.15) is 0 Å². The maximum atomic E-state index is 5.78. The standard InChI is InChI=1S/C16H17N3/c1-11-6-8-12(9-7-11)16-18-15-13(10-17)4-3-5-14(15)19(16)2/h3-9H,10,17H2,1-2H3. The van der Waals surface area contributed by atoms with Crippen LogP contribution in [0.1, 0.15) is 11.1 Å². The second-order valence-corrected chi connectivity index (χ2v) is 4.85. The number of nitrogens with two attached hydrogens (primary N) is 1. The molecule has 0 bridgehead atoms. The molecule has 2 N–H and O–H groups in total. The minimum absolute atomic E-state index is 0.516. The maximum Gasteiger partial charge on any atom is 0.140 e. The van der Waals surface area contributed by atoms with Crippen LogP contribution in [0, 0.1) is 6.92 Å². The molecule has 96 valence electrons. The average Bonchev–Trinajstić information content (AvgIpc) is 2.77. The molecule has 0 fully saturated rings. The van der Waals surface area contributed by atoms with E-state index >= 15 is 0 Å². The molecule has 1 aromatic heterocycles. The molecule has 2 aromatic carbocycles. The van der Waals surface area contributed by atoms with E-state index in [-0.39, 0.29) is 0 Å². The van der Waals surface area contributed by atoms with Crippen LogP contribution in [0.5, 0.6) is 0 Å². The van der Waals surface area contributed by atoms with E-state index in [1.54, 1.807) is 0 Å². The van der Waals surface area contributed by atoms with Gasteiger partial charge in [-0.3, -0.25) is 0 Å². The molecular formula is C16H17N3. The van der Waals surface area contributed by atoms with Gasteiger partial charge in [-0.05, 0) is 18.6 Å². The predicted molar refractivity (Wildman–Crippen MR) is 78.8 cm³/mol. The Hall–Kier alpha value is -2.13. The fraction of sp³-hybridized carbons (Fsp3) is 0.188. The molecule has 19 heavy (non-hydrogen) atoms. The van der Waals surface area contributed by atoms with Gasteiger partial charge in [0.2, 0.25) is 0 Å². The number of hydrogen-bond acceptors (Lipinski definition) is 2. The molecule has 3 rings (SSSR count). The van der Waals surface area contributed by atoms with Gasteiger partial charge in [-0.25, -0.2) is 4.98 Å². The minimum Gasteiger partial charge on any atom is -0.327 e. The van der Waals surface area contributed by atoms with Crippen molar-refractivity contribution in [2.24, 2.45) is 12.8 Å². The van der Waals surface area contributed by atoms with Crippen LogP contribution in [0.2, 0.25) is 0 Å². The predicted octanol–water partition coefficient (Wildman–Crippen LogP) is 3.01. The van der Waals surface area contributed by atoms with Crippen LogP contribution in [0.25, 0.3) is 22.4 Å². The van der Waals surface area contributed by atoms with E-state index in [4.69, 9.17) is 10.7 Å². The van der Waals surface area contributed by atoms with E-state index in [0.29, 0.717) is 6.54 Å². The smallest absolute Gasteiger partial charge is 0.140 e. The van der Waals surface area contributed by atoms with Gasteiger partial charge < -0.3 is 10.3 Å². The van der Waals surface area contributed by atoms with Crippen molar-refractivity contribution in [3.63, 3.8) is 0 Å². The van der Waals surface area contributed by atoms with E-state index in [0.717, 1.165) is 28.0 Å². The summed E-state index contributed by atoms with van der Waals surface area (Å²) in [6.07, 6.45) is 0. The summed E-state index contributed by atoms with van der Waals surface area (Å²) in [6.45, 7) is 2.60. The maximum absolute atomic E-state index is 5.78. The summed E-state index contributed by atoms with van der Waals surface area (Å²) in [5.41, 5.74) is 11.4. The Morgan fingerprint density at radius 2 is 1.84 bits per heavy atom. The van der Waals surface area contributed by atoms with Crippen molar-refractivity contribution in [3.8, 4) is 11.4 Å². The zero-order chi connectivity index (χ0) is 13.4. The van der Waals surface area contributed by atoms with Gasteiger partial charge in [-0.15, -0.1) is 0 Å². The van der Waals surface area contributed by atoms with E-state index in [1.807, 2.05) is 19.2 Å². The highest BCUT2D eigenvalue weighted by Gasteiger charge is 2.11. The summed E-state index contributed by atoms with van der Waals surface area (Å²) in [6, 6.07) is 14.6. The Bertz CT molecular complexity index is 724. The molecule has 3 nitrogen and oxygen atoms in total. The number of nitrogens with zero attached hydrogens (tertiary/aromatic N) is 2. The van der Waals surface area contributed by atoms with Crippen molar-refractivity contribution >= 4 is 11.0 Å². The van der Waals surface area contributed by atoms with Gasteiger partial charge in [0.1, 0.15) is 5.82 Å². The van der Waals surface area contributed by atoms with Gasteiger partial charge in [0.25, 0.3) is 0 Å². The highest BCUT2D eigenvalue weighted by Crippen LogP contribution is 2.25. The van der Waals surface area contributed by atoms with Crippen LogP contribution in [0.4, 0.5) is 0 Å². The third-order valence-electron chi connectivity index (χ3n) is 3.52.